The van der Waals surface area contributed by atoms with Crippen LogP contribution in [0, 0.1) is 6.92 Å². The van der Waals surface area contributed by atoms with E-state index in [1.54, 1.807) is 32.2 Å². The fourth-order valence-electron chi connectivity index (χ4n) is 2.34. The van der Waals surface area contributed by atoms with Gasteiger partial charge in [-0.2, -0.15) is 5.10 Å². The van der Waals surface area contributed by atoms with Crippen LogP contribution >= 0.6 is 11.6 Å². The Hall–Kier alpha value is -2.06. The number of hydrogen-bond donors (Lipinski definition) is 2. The summed E-state index contributed by atoms with van der Waals surface area (Å²) < 4.78 is 28.9. The van der Waals surface area contributed by atoms with Gasteiger partial charge in [-0.05, 0) is 38.0 Å². The second-order valence-corrected chi connectivity index (χ2v) is 7.74. The highest BCUT2D eigenvalue weighted by Crippen LogP contribution is 2.26. The van der Waals surface area contributed by atoms with Gasteiger partial charge in [0.2, 0.25) is 0 Å². The third-order valence-electron chi connectivity index (χ3n) is 3.66. The first kappa shape index (κ1) is 16.8. The highest BCUT2D eigenvalue weighted by atomic mass is 35.5. The molecule has 2 N–H and O–H groups in total. The third kappa shape index (κ3) is 3.39. The fraction of sp³-hybridized carbons (Fsp3) is 0.333. The number of hydrogen-bond acceptors (Lipinski definition) is 4. The van der Waals surface area contributed by atoms with Crippen molar-refractivity contribution < 1.29 is 13.2 Å². The number of aryl methyl sites for hydroxylation is 2. The number of sulfonamides is 1. The largest absolute Gasteiger partial charge is 0.349 e. The number of aromatic nitrogens is 2. The predicted octanol–water partition coefficient (Wildman–Crippen LogP) is 2.07. The van der Waals surface area contributed by atoms with Gasteiger partial charge in [0.25, 0.3) is 15.9 Å². The molecule has 1 saturated carbocycles. The van der Waals surface area contributed by atoms with Crippen molar-refractivity contribution in [2.45, 2.75) is 30.7 Å². The van der Waals surface area contributed by atoms with Crippen LogP contribution in [0.25, 0.3) is 0 Å². The number of amides is 1. The Labute approximate surface area is 145 Å². The lowest BCUT2D eigenvalue weighted by atomic mass is 10.2. The number of halogens is 1. The molecule has 3 rings (SSSR count). The van der Waals surface area contributed by atoms with Crippen LogP contribution in [-0.4, -0.2) is 30.1 Å². The quantitative estimate of drug-likeness (QED) is 0.844. The maximum atomic E-state index is 12.6. The van der Waals surface area contributed by atoms with Crippen LogP contribution in [0.1, 0.15) is 28.9 Å². The van der Waals surface area contributed by atoms with Crippen molar-refractivity contribution in [1.82, 2.24) is 15.1 Å². The molecular formula is C15H17ClN4O3S. The second-order valence-electron chi connectivity index (χ2n) is 5.76. The molecule has 128 valence electrons. The van der Waals surface area contributed by atoms with Gasteiger partial charge in [-0.1, -0.05) is 17.7 Å². The zero-order valence-corrected chi connectivity index (χ0v) is 14.8. The number of anilines is 1. The van der Waals surface area contributed by atoms with E-state index in [1.165, 1.54) is 10.7 Å². The Morgan fingerprint density at radius 3 is 2.67 bits per heavy atom. The number of benzene rings is 1. The molecule has 0 aliphatic heterocycles. The van der Waals surface area contributed by atoms with Gasteiger partial charge in [0.05, 0.1) is 5.69 Å². The minimum atomic E-state index is -3.90. The van der Waals surface area contributed by atoms with Crippen molar-refractivity contribution in [3.63, 3.8) is 0 Å². The van der Waals surface area contributed by atoms with E-state index >= 15 is 0 Å². The minimum absolute atomic E-state index is 0.0302. The monoisotopic (exact) mass is 368 g/mol. The molecule has 1 aromatic carbocycles. The molecule has 0 saturated heterocycles. The molecule has 1 fully saturated rings. The summed E-state index contributed by atoms with van der Waals surface area (Å²) in [6.07, 6.45) is 1.97. The van der Waals surface area contributed by atoms with E-state index in [9.17, 15) is 13.2 Å². The van der Waals surface area contributed by atoms with E-state index in [-0.39, 0.29) is 27.7 Å². The average Bonchev–Trinajstić information content (AvgIpc) is 3.25. The van der Waals surface area contributed by atoms with E-state index in [2.05, 4.69) is 15.1 Å². The third-order valence-corrected chi connectivity index (χ3v) is 5.73. The Morgan fingerprint density at radius 2 is 2.08 bits per heavy atom. The Morgan fingerprint density at radius 1 is 1.38 bits per heavy atom. The van der Waals surface area contributed by atoms with Crippen molar-refractivity contribution in [3.8, 4) is 0 Å². The topological polar surface area (TPSA) is 93.1 Å². The molecule has 9 heteroatoms. The van der Waals surface area contributed by atoms with Crippen LogP contribution in [0.3, 0.4) is 0 Å². The van der Waals surface area contributed by atoms with Crippen LogP contribution in [-0.2, 0) is 17.1 Å². The summed E-state index contributed by atoms with van der Waals surface area (Å²) >= 11 is 6.03. The number of rotatable bonds is 5. The van der Waals surface area contributed by atoms with Gasteiger partial charge < -0.3 is 5.32 Å². The molecule has 1 aliphatic carbocycles. The highest BCUT2D eigenvalue weighted by Gasteiger charge is 2.26. The minimum Gasteiger partial charge on any atom is -0.349 e. The molecule has 1 amide bonds. The molecule has 24 heavy (non-hydrogen) atoms. The highest BCUT2D eigenvalue weighted by molar-refractivity contribution is 7.92. The smallest absolute Gasteiger partial charge is 0.266 e. The van der Waals surface area contributed by atoms with Gasteiger partial charge in [-0.25, -0.2) is 8.42 Å². The summed E-state index contributed by atoms with van der Waals surface area (Å²) in [4.78, 5) is 12.0. The second kappa shape index (κ2) is 6.10. The first-order chi connectivity index (χ1) is 11.3. The summed E-state index contributed by atoms with van der Waals surface area (Å²) in [6, 6.07) is 6.56. The van der Waals surface area contributed by atoms with Gasteiger partial charge in [0.1, 0.15) is 10.0 Å². The van der Waals surface area contributed by atoms with Crippen molar-refractivity contribution in [2.75, 3.05) is 4.72 Å². The molecule has 7 nitrogen and oxygen atoms in total. The van der Waals surface area contributed by atoms with Gasteiger partial charge in [-0.3, -0.25) is 14.2 Å². The van der Waals surface area contributed by atoms with E-state index in [4.69, 9.17) is 11.6 Å². The molecular weight excluding hydrogens is 352 g/mol. The summed E-state index contributed by atoms with van der Waals surface area (Å²) in [5, 5.41) is 6.90. The van der Waals surface area contributed by atoms with Crippen LogP contribution in [0.2, 0.25) is 5.15 Å². The lowest BCUT2D eigenvalue weighted by molar-refractivity contribution is 0.0951. The Kier molecular flexibility index (Phi) is 4.27. The molecule has 0 atom stereocenters. The zero-order chi connectivity index (χ0) is 17.5. The average molecular weight is 369 g/mol. The molecule has 2 aromatic rings. The van der Waals surface area contributed by atoms with E-state index < -0.39 is 10.0 Å². The molecule has 1 heterocycles. The van der Waals surface area contributed by atoms with Crippen molar-refractivity contribution >= 4 is 33.2 Å². The number of nitrogens with zero attached hydrogens (tertiary/aromatic N) is 2. The maximum absolute atomic E-state index is 12.6. The van der Waals surface area contributed by atoms with Gasteiger partial charge >= 0.3 is 0 Å². The van der Waals surface area contributed by atoms with E-state index in [0.29, 0.717) is 11.3 Å². The molecule has 0 unspecified atom stereocenters. The zero-order valence-electron chi connectivity index (χ0n) is 13.2. The Balaban J connectivity index is 1.86. The van der Waals surface area contributed by atoms with Crippen LogP contribution in [0.15, 0.2) is 29.2 Å². The Bertz CT molecular complexity index is 903. The normalized spacial score (nSPS) is 14.5. The van der Waals surface area contributed by atoms with Gasteiger partial charge in [-0.15, -0.1) is 0 Å². The number of carbonyl (C=O) groups excluding carboxylic acids is 1. The molecule has 0 spiro atoms. The molecule has 0 bridgehead atoms. The maximum Gasteiger partial charge on any atom is 0.266 e. The standard InChI is InChI=1S/C15H17ClN4O3S/c1-9-13(14(16)20(2)18-9)24(22,23)19-12-5-3-4-10(8-12)15(21)17-11-6-7-11/h3-5,8,11,19H,6-7H2,1-2H3,(H,17,21). The molecule has 0 radical (unpaired) electrons. The summed E-state index contributed by atoms with van der Waals surface area (Å²) in [7, 11) is -2.34. The predicted molar refractivity (Wildman–Crippen MR) is 90.7 cm³/mol. The van der Waals surface area contributed by atoms with Crippen LogP contribution in [0.5, 0.6) is 0 Å². The van der Waals surface area contributed by atoms with Crippen LogP contribution < -0.4 is 10.0 Å². The lowest BCUT2D eigenvalue weighted by Crippen LogP contribution is -2.25. The van der Waals surface area contributed by atoms with Crippen molar-refractivity contribution in [1.29, 1.82) is 0 Å². The van der Waals surface area contributed by atoms with E-state index in [1.807, 2.05) is 0 Å². The summed E-state index contributed by atoms with van der Waals surface area (Å²) in [5.41, 5.74) is 0.992. The molecule has 1 aromatic heterocycles. The first-order valence-corrected chi connectivity index (χ1v) is 9.27. The van der Waals surface area contributed by atoms with Crippen LogP contribution in [0.4, 0.5) is 5.69 Å². The van der Waals surface area contributed by atoms with Crippen molar-refractivity contribution in [2.24, 2.45) is 7.05 Å². The SMILES string of the molecule is Cc1nn(C)c(Cl)c1S(=O)(=O)Nc1cccc(C(=O)NC2CC2)c1. The van der Waals surface area contributed by atoms with E-state index in [0.717, 1.165) is 12.8 Å². The van der Waals surface area contributed by atoms with Crippen molar-refractivity contribution in [3.05, 3.63) is 40.7 Å². The number of nitrogens with one attached hydrogen (secondary N) is 2. The fourth-order valence-corrected chi connectivity index (χ4v) is 4.14. The summed E-state index contributed by atoms with van der Waals surface area (Å²) in [6.45, 7) is 1.57. The van der Waals surface area contributed by atoms with Gasteiger partial charge in [0.15, 0.2) is 0 Å². The number of carbonyl (C=O) groups is 1. The van der Waals surface area contributed by atoms with Gasteiger partial charge in [0, 0.05) is 24.3 Å². The lowest BCUT2D eigenvalue weighted by Gasteiger charge is -2.09. The first-order valence-electron chi connectivity index (χ1n) is 7.41. The summed E-state index contributed by atoms with van der Waals surface area (Å²) in [5.74, 6) is -0.214. The molecule has 1 aliphatic rings.